The van der Waals surface area contributed by atoms with Gasteiger partial charge in [0.25, 0.3) is 0 Å². The van der Waals surface area contributed by atoms with E-state index in [4.69, 9.17) is 4.74 Å². The van der Waals surface area contributed by atoms with Crippen molar-refractivity contribution < 1.29 is 9.84 Å². The van der Waals surface area contributed by atoms with Gasteiger partial charge in [0, 0.05) is 5.69 Å². The zero-order valence-corrected chi connectivity index (χ0v) is 13.2. The van der Waals surface area contributed by atoms with Crippen molar-refractivity contribution in [2.75, 3.05) is 6.61 Å². The van der Waals surface area contributed by atoms with E-state index in [-0.39, 0.29) is 6.61 Å². The first-order valence-corrected chi connectivity index (χ1v) is 7.37. The molecule has 0 bridgehead atoms. The second kappa shape index (κ2) is 6.76. The number of hydrogen-bond acceptors (Lipinski definition) is 3. The minimum Gasteiger partial charge on any atom is -0.491 e. The molecule has 0 saturated carbocycles. The zero-order valence-electron chi connectivity index (χ0n) is 13.2. The highest BCUT2D eigenvalue weighted by atomic mass is 16.5. The van der Waals surface area contributed by atoms with Gasteiger partial charge < -0.3 is 14.4 Å². The van der Waals surface area contributed by atoms with Crippen molar-refractivity contribution in [1.82, 2.24) is 9.55 Å². The topological polar surface area (TPSA) is 47.3 Å². The Hall–Kier alpha value is -1.81. The predicted molar refractivity (Wildman–Crippen MR) is 83.7 cm³/mol. The predicted octanol–water partition coefficient (Wildman–Crippen LogP) is 3.06. The van der Waals surface area contributed by atoms with E-state index in [9.17, 15) is 5.11 Å². The van der Waals surface area contributed by atoms with Gasteiger partial charge in [-0.1, -0.05) is 32.0 Å². The Labute approximate surface area is 126 Å². The molecule has 1 N–H and O–H groups in total. The number of aromatic nitrogens is 2. The molecular weight excluding hydrogens is 264 g/mol. The number of nitrogens with zero attached hydrogens (tertiary/aromatic N) is 2. The molecule has 1 unspecified atom stereocenters. The normalized spacial score (nSPS) is 12.7. The van der Waals surface area contributed by atoms with Crippen molar-refractivity contribution in [2.45, 2.75) is 46.3 Å². The molecule has 4 nitrogen and oxygen atoms in total. The SMILES string of the molecule is Cc1ncn(CC(O)COc2ccccc2C(C)C)c1C. The maximum absolute atomic E-state index is 10.2. The largest absolute Gasteiger partial charge is 0.491 e. The van der Waals surface area contributed by atoms with Gasteiger partial charge in [-0.05, 0) is 31.4 Å². The van der Waals surface area contributed by atoms with E-state index in [2.05, 4.69) is 24.9 Å². The van der Waals surface area contributed by atoms with Crippen LogP contribution in [0, 0.1) is 13.8 Å². The first-order chi connectivity index (χ1) is 9.99. The molecule has 0 aliphatic heterocycles. The lowest BCUT2D eigenvalue weighted by atomic mass is 10.0. The number of hydrogen-bond donors (Lipinski definition) is 1. The van der Waals surface area contributed by atoms with E-state index >= 15 is 0 Å². The molecule has 0 amide bonds. The number of aliphatic hydroxyl groups excluding tert-OH is 1. The van der Waals surface area contributed by atoms with Crippen molar-refractivity contribution in [2.24, 2.45) is 0 Å². The third-order valence-electron chi connectivity index (χ3n) is 3.72. The van der Waals surface area contributed by atoms with E-state index < -0.39 is 6.10 Å². The molecule has 1 aromatic heterocycles. The fraction of sp³-hybridized carbons (Fsp3) is 0.471. The Morgan fingerprint density at radius 3 is 2.57 bits per heavy atom. The molecule has 4 heteroatoms. The molecule has 0 fully saturated rings. The fourth-order valence-corrected chi connectivity index (χ4v) is 2.28. The Morgan fingerprint density at radius 1 is 1.24 bits per heavy atom. The molecule has 0 radical (unpaired) electrons. The Bertz CT molecular complexity index is 590. The van der Waals surface area contributed by atoms with Crippen LogP contribution in [0.1, 0.15) is 36.7 Å². The highest BCUT2D eigenvalue weighted by Gasteiger charge is 2.12. The van der Waals surface area contributed by atoms with E-state index in [1.807, 2.05) is 36.6 Å². The smallest absolute Gasteiger partial charge is 0.122 e. The number of aryl methyl sites for hydroxylation is 1. The van der Waals surface area contributed by atoms with Crippen LogP contribution in [0.5, 0.6) is 5.75 Å². The van der Waals surface area contributed by atoms with Crippen molar-refractivity contribution >= 4 is 0 Å². The summed E-state index contributed by atoms with van der Waals surface area (Å²) in [5.41, 5.74) is 3.24. The van der Waals surface area contributed by atoms with Crippen LogP contribution in [-0.2, 0) is 6.54 Å². The van der Waals surface area contributed by atoms with Crippen LogP contribution in [0.3, 0.4) is 0 Å². The van der Waals surface area contributed by atoms with E-state index in [0.717, 1.165) is 17.1 Å². The van der Waals surface area contributed by atoms with Gasteiger partial charge in [0.2, 0.25) is 0 Å². The summed E-state index contributed by atoms with van der Waals surface area (Å²) in [5, 5.41) is 10.2. The number of benzene rings is 1. The molecule has 1 aromatic carbocycles. The molecule has 21 heavy (non-hydrogen) atoms. The average Bonchev–Trinajstić information content (AvgIpc) is 2.77. The number of aliphatic hydroxyl groups is 1. The zero-order chi connectivity index (χ0) is 15.4. The Balaban J connectivity index is 1.95. The number of ether oxygens (including phenoxy) is 1. The average molecular weight is 288 g/mol. The van der Waals surface area contributed by atoms with Crippen LogP contribution >= 0.6 is 0 Å². The summed E-state index contributed by atoms with van der Waals surface area (Å²) < 4.78 is 7.75. The van der Waals surface area contributed by atoms with Gasteiger partial charge in [-0.25, -0.2) is 4.98 Å². The maximum Gasteiger partial charge on any atom is 0.122 e. The third-order valence-corrected chi connectivity index (χ3v) is 3.72. The van der Waals surface area contributed by atoms with Crippen LogP contribution < -0.4 is 4.74 Å². The van der Waals surface area contributed by atoms with E-state index in [1.165, 1.54) is 5.56 Å². The second-order valence-corrected chi connectivity index (χ2v) is 5.73. The lowest BCUT2D eigenvalue weighted by Crippen LogP contribution is -2.24. The molecule has 2 rings (SSSR count). The highest BCUT2D eigenvalue weighted by Crippen LogP contribution is 2.25. The van der Waals surface area contributed by atoms with Gasteiger partial charge in [0.05, 0.1) is 18.6 Å². The molecular formula is C17H24N2O2. The van der Waals surface area contributed by atoms with Crippen molar-refractivity contribution in [3.8, 4) is 5.75 Å². The molecule has 114 valence electrons. The lowest BCUT2D eigenvalue weighted by molar-refractivity contribution is 0.0914. The molecule has 2 aromatic rings. The highest BCUT2D eigenvalue weighted by molar-refractivity contribution is 5.35. The van der Waals surface area contributed by atoms with Crippen LogP contribution in [0.4, 0.5) is 0 Å². The molecule has 0 aliphatic rings. The lowest BCUT2D eigenvalue weighted by Gasteiger charge is -2.17. The van der Waals surface area contributed by atoms with Crippen LogP contribution in [0.2, 0.25) is 0 Å². The Kier molecular flexibility index (Phi) is 5.02. The quantitative estimate of drug-likeness (QED) is 0.888. The van der Waals surface area contributed by atoms with Gasteiger partial charge in [-0.15, -0.1) is 0 Å². The summed E-state index contributed by atoms with van der Waals surface area (Å²) in [6, 6.07) is 7.98. The van der Waals surface area contributed by atoms with Gasteiger partial charge in [-0.3, -0.25) is 0 Å². The van der Waals surface area contributed by atoms with Crippen molar-refractivity contribution in [1.29, 1.82) is 0 Å². The summed E-state index contributed by atoms with van der Waals surface area (Å²) >= 11 is 0. The first kappa shape index (κ1) is 15.6. The minimum absolute atomic E-state index is 0.278. The van der Waals surface area contributed by atoms with Crippen LogP contribution in [-0.4, -0.2) is 27.4 Å². The van der Waals surface area contributed by atoms with Crippen molar-refractivity contribution in [3.05, 3.63) is 47.5 Å². The third kappa shape index (κ3) is 3.85. The molecule has 1 heterocycles. The number of para-hydroxylation sites is 1. The fourth-order valence-electron chi connectivity index (χ4n) is 2.28. The van der Waals surface area contributed by atoms with Crippen LogP contribution in [0.15, 0.2) is 30.6 Å². The summed E-state index contributed by atoms with van der Waals surface area (Å²) in [6.07, 6.45) is 1.20. The Morgan fingerprint density at radius 2 is 1.95 bits per heavy atom. The second-order valence-electron chi connectivity index (χ2n) is 5.73. The molecule has 0 saturated heterocycles. The number of rotatable bonds is 6. The molecule has 0 spiro atoms. The summed E-state index contributed by atoms with van der Waals surface area (Å²) in [5.74, 6) is 1.25. The van der Waals surface area contributed by atoms with E-state index in [0.29, 0.717) is 12.5 Å². The minimum atomic E-state index is -0.558. The molecule has 1 atom stereocenters. The van der Waals surface area contributed by atoms with Gasteiger partial charge in [0.15, 0.2) is 0 Å². The van der Waals surface area contributed by atoms with Gasteiger partial charge in [-0.2, -0.15) is 0 Å². The van der Waals surface area contributed by atoms with Crippen molar-refractivity contribution in [3.63, 3.8) is 0 Å². The summed E-state index contributed by atoms with van der Waals surface area (Å²) in [4.78, 5) is 4.24. The van der Waals surface area contributed by atoms with E-state index in [1.54, 1.807) is 6.33 Å². The van der Waals surface area contributed by atoms with Crippen LogP contribution in [0.25, 0.3) is 0 Å². The summed E-state index contributed by atoms with van der Waals surface area (Å²) in [6.45, 7) is 9.01. The first-order valence-electron chi connectivity index (χ1n) is 7.37. The van der Waals surface area contributed by atoms with Gasteiger partial charge in [0.1, 0.15) is 18.5 Å². The maximum atomic E-state index is 10.2. The standard InChI is InChI=1S/C17H24N2O2/c1-12(2)16-7-5-6-8-17(16)21-10-15(20)9-19-11-18-13(3)14(19)4/h5-8,11-12,15,20H,9-10H2,1-4H3. The number of imidazole rings is 1. The molecule has 0 aliphatic carbocycles. The van der Waals surface area contributed by atoms with Gasteiger partial charge >= 0.3 is 0 Å². The monoisotopic (exact) mass is 288 g/mol. The summed E-state index contributed by atoms with van der Waals surface area (Å²) in [7, 11) is 0.